The third-order valence-corrected chi connectivity index (χ3v) is 3.83. The number of fused-ring (bicyclic) bond motifs is 5. The third-order valence-electron chi connectivity index (χ3n) is 3.83. The van der Waals surface area contributed by atoms with Crippen LogP contribution in [0.4, 0.5) is 4.79 Å². The van der Waals surface area contributed by atoms with Gasteiger partial charge in [-0.3, -0.25) is 14.5 Å². The molecule has 2 N–H and O–H groups in total. The van der Waals surface area contributed by atoms with E-state index in [9.17, 15) is 14.4 Å². The number of amides is 3. The summed E-state index contributed by atoms with van der Waals surface area (Å²) in [5.41, 5.74) is 0. The first-order valence-corrected chi connectivity index (χ1v) is 6.17. The highest BCUT2D eigenvalue weighted by molar-refractivity contribution is 6.06. The molecule has 7 heteroatoms. The first-order chi connectivity index (χ1) is 8.99. The minimum absolute atomic E-state index is 0.0659. The Bertz CT molecular complexity index is 459. The van der Waals surface area contributed by atoms with Crippen molar-refractivity contribution in [3.8, 4) is 0 Å². The van der Waals surface area contributed by atoms with E-state index in [0.717, 1.165) is 4.90 Å². The highest BCUT2D eigenvalue weighted by Gasteiger charge is 2.60. The lowest BCUT2D eigenvalue weighted by Crippen LogP contribution is -2.45. The summed E-state index contributed by atoms with van der Waals surface area (Å²) in [6, 6.07) is -0.490. The SMILES string of the molecule is C[C@@H](CN1C(=O)C2C3C=CC(O3)C2C1=O)NC(=O)O. The van der Waals surface area contributed by atoms with Gasteiger partial charge in [-0.1, -0.05) is 12.2 Å². The van der Waals surface area contributed by atoms with Crippen molar-refractivity contribution in [2.45, 2.75) is 25.2 Å². The van der Waals surface area contributed by atoms with Gasteiger partial charge in [0.1, 0.15) is 0 Å². The van der Waals surface area contributed by atoms with Gasteiger partial charge in [-0.15, -0.1) is 0 Å². The molecule has 0 aliphatic carbocycles. The fourth-order valence-corrected chi connectivity index (χ4v) is 3.08. The molecule has 5 atom stereocenters. The van der Waals surface area contributed by atoms with Crippen molar-refractivity contribution in [1.29, 1.82) is 0 Å². The van der Waals surface area contributed by atoms with E-state index >= 15 is 0 Å². The fraction of sp³-hybridized carbons (Fsp3) is 0.583. The van der Waals surface area contributed by atoms with Crippen LogP contribution in [-0.4, -0.2) is 52.7 Å². The number of carbonyl (C=O) groups excluding carboxylic acids is 2. The summed E-state index contributed by atoms with van der Waals surface area (Å²) in [5.74, 6) is -1.38. The molecule has 2 bridgehead atoms. The lowest BCUT2D eigenvalue weighted by atomic mass is 9.85. The average molecular weight is 266 g/mol. The van der Waals surface area contributed by atoms with Crippen molar-refractivity contribution < 1.29 is 24.2 Å². The van der Waals surface area contributed by atoms with Crippen molar-refractivity contribution in [2.75, 3.05) is 6.54 Å². The first-order valence-electron chi connectivity index (χ1n) is 6.17. The van der Waals surface area contributed by atoms with Gasteiger partial charge in [-0.25, -0.2) is 4.79 Å². The number of imide groups is 1. The second-order valence-electron chi connectivity index (χ2n) is 5.14. The standard InChI is InChI=1S/C12H14N2O5/c1-5(13-12(17)18)4-14-10(15)8-6-2-3-7(19-6)9(8)11(14)16/h2-3,5-9,13H,4H2,1H3,(H,17,18)/t5-,6?,7?,8?,9?/m0/s1. The summed E-state index contributed by atoms with van der Waals surface area (Å²) < 4.78 is 5.51. The van der Waals surface area contributed by atoms with Crippen LogP contribution in [0.1, 0.15) is 6.92 Å². The molecule has 3 rings (SSSR count). The Morgan fingerprint density at radius 2 is 1.89 bits per heavy atom. The summed E-state index contributed by atoms with van der Waals surface area (Å²) in [6.45, 7) is 1.68. The molecule has 3 heterocycles. The fourth-order valence-electron chi connectivity index (χ4n) is 3.08. The Morgan fingerprint density at radius 3 is 2.37 bits per heavy atom. The van der Waals surface area contributed by atoms with E-state index in [4.69, 9.17) is 9.84 Å². The third kappa shape index (κ3) is 1.73. The van der Waals surface area contributed by atoms with E-state index in [1.54, 1.807) is 6.92 Å². The zero-order valence-corrected chi connectivity index (χ0v) is 10.3. The maximum atomic E-state index is 12.2. The van der Waals surface area contributed by atoms with Gasteiger partial charge in [0.05, 0.1) is 24.0 Å². The number of rotatable bonds is 3. The molecule has 4 unspecified atom stereocenters. The van der Waals surface area contributed by atoms with E-state index in [1.807, 2.05) is 12.2 Å². The van der Waals surface area contributed by atoms with Crippen LogP contribution in [0.25, 0.3) is 0 Å². The predicted molar refractivity (Wildman–Crippen MR) is 62.1 cm³/mol. The molecule has 0 spiro atoms. The van der Waals surface area contributed by atoms with Gasteiger partial charge < -0.3 is 15.2 Å². The smallest absolute Gasteiger partial charge is 0.404 e. The molecule has 0 saturated carbocycles. The van der Waals surface area contributed by atoms with Crippen molar-refractivity contribution in [3.63, 3.8) is 0 Å². The maximum Gasteiger partial charge on any atom is 0.404 e. The molecular formula is C12H14N2O5. The normalized spacial score (nSPS) is 36.8. The first kappa shape index (κ1) is 12.2. The number of ether oxygens (including phenoxy) is 1. The van der Waals surface area contributed by atoms with Crippen LogP contribution in [-0.2, 0) is 14.3 Å². The summed E-state index contributed by atoms with van der Waals surface area (Å²) in [5, 5.41) is 10.9. The number of carboxylic acid groups (broad SMARTS) is 1. The minimum atomic E-state index is -1.17. The van der Waals surface area contributed by atoms with Gasteiger partial charge in [-0.05, 0) is 6.92 Å². The van der Waals surface area contributed by atoms with E-state index < -0.39 is 24.0 Å². The van der Waals surface area contributed by atoms with Crippen LogP contribution in [0.2, 0.25) is 0 Å². The molecule has 3 amide bonds. The molecule has 0 radical (unpaired) electrons. The lowest BCUT2D eigenvalue weighted by molar-refractivity contribution is -0.142. The van der Waals surface area contributed by atoms with Gasteiger partial charge in [-0.2, -0.15) is 0 Å². The van der Waals surface area contributed by atoms with Crippen molar-refractivity contribution in [3.05, 3.63) is 12.2 Å². The Labute approximate surface area is 109 Å². The Kier molecular flexibility index (Phi) is 2.60. The molecule has 2 saturated heterocycles. The molecule has 102 valence electrons. The van der Waals surface area contributed by atoms with Crippen molar-refractivity contribution in [2.24, 2.45) is 11.8 Å². The Balaban J connectivity index is 1.74. The molecule has 0 aromatic carbocycles. The van der Waals surface area contributed by atoms with Gasteiger partial charge in [0, 0.05) is 12.6 Å². The molecule has 0 aromatic rings. The van der Waals surface area contributed by atoms with E-state index in [1.165, 1.54) is 0 Å². The lowest BCUT2D eigenvalue weighted by Gasteiger charge is -2.21. The second-order valence-corrected chi connectivity index (χ2v) is 5.14. The molecule has 3 aliphatic rings. The highest BCUT2D eigenvalue weighted by Crippen LogP contribution is 2.44. The van der Waals surface area contributed by atoms with E-state index in [2.05, 4.69) is 5.32 Å². The molecule has 3 aliphatic heterocycles. The summed E-state index contributed by atoms with van der Waals surface area (Å²) in [7, 11) is 0. The van der Waals surface area contributed by atoms with Crippen LogP contribution < -0.4 is 5.32 Å². The second kappa shape index (κ2) is 4.06. The average Bonchev–Trinajstić information content (AvgIpc) is 2.97. The largest absolute Gasteiger partial charge is 0.465 e. The van der Waals surface area contributed by atoms with Gasteiger partial charge >= 0.3 is 6.09 Å². The van der Waals surface area contributed by atoms with Crippen LogP contribution in [0, 0.1) is 11.8 Å². The number of hydrogen-bond acceptors (Lipinski definition) is 4. The highest BCUT2D eigenvalue weighted by atomic mass is 16.5. The predicted octanol–water partition coefficient (Wildman–Crippen LogP) is -0.419. The zero-order valence-electron chi connectivity index (χ0n) is 10.3. The summed E-state index contributed by atoms with van der Waals surface area (Å²) >= 11 is 0. The van der Waals surface area contributed by atoms with E-state index in [-0.39, 0.29) is 30.6 Å². The molecule has 2 fully saturated rings. The number of carbonyl (C=O) groups is 3. The van der Waals surface area contributed by atoms with E-state index in [0.29, 0.717) is 0 Å². The zero-order chi connectivity index (χ0) is 13.7. The number of nitrogens with zero attached hydrogens (tertiary/aromatic N) is 1. The van der Waals surface area contributed by atoms with Crippen LogP contribution >= 0.6 is 0 Å². The van der Waals surface area contributed by atoms with Crippen molar-refractivity contribution in [1.82, 2.24) is 10.2 Å². The minimum Gasteiger partial charge on any atom is -0.465 e. The quantitative estimate of drug-likeness (QED) is 0.534. The van der Waals surface area contributed by atoms with Gasteiger partial charge in [0.15, 0.2) is 0 Å². The van der Waals surface area contributed by atoms with Crippen LogP contribution in [0.15, 0.2) is 12.2 Å². The Morgan fingerprint density at radius 1 is 1.37 bits per heavy atom. The van der Waals surface area contributed by atoms with Gasteiger partial charge in [0.2, 0.25) is 11.8 Å². The van der Waals surface area contributed by atoms with Crippen molar-refractivity contribution >= 4 is 17.9 Å². The molecule has 19 heavy (non-hydrogen) atoms. The summed E-state index contributed by atoms with van der Waals surface area (Å²) in [6.07, 6.45) is 1.86. The number of nitrogens with one attached hydrogen (secondary N) is 1. The number of hydrogen-bond donors (Lipinski definition) is 2. The summed E-state index contributed by atoms with van der Waals surface area (Å²) in [4.78, 5) is 36.1. The molecule has 7 nitrogen and oxygen atoms in total. The maximum absolute atomic E-state index is 12.2. The molecule has 0 aromatic heterocycles. The monoisotopic (exact) mass is 266 g/mol. The topological polar surface area (TPSA) is 95.9 Å². The Hall–Kier alpha value is -1.89. The van der Waals surface area contributed by atoms with Gasteiger partial charge in [0.25, 0.3) is 0 Å². The number of likely N-dealkylation sites (tertiary alicyclic amines) is 1. The van der Waals surface area contributed by atoms with Crippen LogP contribution in [0.3, 0.4) is 0 Å². The van der Waals surface area contributed by atoms with Crippen LogP contribution in [0.5, 0.6) is 0 Å². The molecular weight excluding hydrogens is 252 g/mol.